The minimum Gasteiger partial charge on any atom is -0.376 e. The van der Waals surface area contributed by atoms with Crippen molar-refractivity contribution in [2.45, 2.75) is 26.0 Å². The minimum absolute atomic E-state index is 0.0974. The minimum atomic E-state index is 0.0974. The summed E-state index contributed by atoms with van der Waals surface area (Å²) in [5.41, 5.74) is 8.76. The number of benzene rings is 1. The first kappa shape index (κ1) is 12.6. The predicted octanol–water partition coefficient (Wildman–Crippen LogP) is 1.72. The van der Waals surface area contributed by atoms with Crippen LogP contribution < -0.4 is 5.73 Å². The largest absolute Gasteiger partial charge is 0.376 e. The van der Waals surface area contributed by atoms with Crippen LogP contribution in [0.15, 0.2) is 24.3 Å². The first-order valence-electron chi connectivity index (χ1n) is 6.31. The van der Waals surface area contributed by atoms with Crippen LogP contribution >= 0.6 is 0 Å². The number of nitrogens with zero attached hydrogens (tertiary/aromatic N) is 1. The van der Waals surface area contributed by atoms with Crippen LogP contribution in [0.1, 0.15) is 24.1 Å². The number of rotatable bonds is 3. The molecule has 1 fully saturated rings. The fourth-order valence-electron chi connectivity index (χ4n) is 2.34. The van der Waals surface area contributed by atoms with E-state index in [2.05, 4.69) is 43.0 Å². The van der Waals surface area contributed by atoms with Gasteiger partial charge in [-0.25, -0.2) is 0 Å². The van der Waals surface area contributed by atoms with E-state index in [4.69, 9.17) is 10.5 Å². The molecule has 2 N–H and O–H groups in total. The van der Waals surface area contributed by atoms with Crippen LogP contribution in [0.2, 0.25) is 0 Å². The van der Waals surface area contributed by atoms with Crippen molar-refractivity contribution >= 4 is 0 Å². The van der Waals surface area contributed by atoms with Gasteiger partial charge in [0.15, 0.2) is 0 Å². The van der Waals surface area contributed by atoms with Gasteiger partial charge in [0.2, 0.25) is 0 Å². The maximum absolute atomic E-state index is 6.26. The van der Waals surface area contributed by atoms with E-state index >= 15 is 0 Å². The van der Waals surface area contributed by atoms with Gasteiger partial charge in [-0.2, -0.15) is 0 Å². The molecule has 0 spiro atoms. The highest BCUT2D eigenvalue weighted by Crippen LogP contribution is 2.15. The molecule has 1 aliphatic rings. The Labute approximate surface area is 104 Å². The Morgan fingerprint density at radius 1 is 1.53 bits per heavy atom. The number of ether oxygens (including phenoxy) is 1. The first-order chi connectivity index (χ1) is 8.15. The molecule has 3 heteroatoms. The smallest absolute Gasteiger partial charge is 0.0674 e. The van der Waals surface area contributed by atoms with Crippen molar-refractivity contribution in [2.75, 3.05) is 26.2 Å². The molecule has 0 aromatic heterocycles. The van der Waals surface area contributed by atoms with Crippen molar-refractivity contribution in [3.63, 3.8) is 0 Å². The van der Waals surface area contributed by atoms with Crippen LogP contribution in [-0.4, -0.2) is 37.2 Å². The summed E-state index contributed by atoms with van der Waals surface area (Å²) in [4.78, 5) is 2.39. The molecule has 1 aromatic rings. The Balaban J connectivity index is 1.94. The molecular weight excluding hydrogens is 212 g/mol. The van der Waals surface area contributed by atoms with E-state index in [9.17, 15) is 0 Å². The number of nitrogens with two attached hydrogens (primary N) is 1. The Bertz CT molecular complexity index is 367. The van der Waals surface area contributed by atoms with E-state index in [0.29, 0.717) is 6.10 Å². The number of hydrogen-bond acceptors (Lipinski definition) is 3. The van der Waals surface area contributed by atoms with Gasteiger partial charge in [0.25, 0.3) is 0 Å². The molecule has 2 rings (SSSR count). The number of aryl methyl sites for hydroxylation is 1. The summed E-state index contributed by atoms with van der Waals surface area (Å²) in [6.45, 7) is 7.93. The van der Waals surface area contributed by atoms with Crippen molar-refractivity contribution in [3.05, 3.63) is 35.4 Å². The Kier molecular flexibility index (Phi) is 4.15. The maximum atomic E-state index is 6.26. The van der Waals surface area contributed by atoms with Crippen LogP contribution in [0.25, 0.3) is 0 Å². The molecule has 0 saturated carbocycles. The highest BCUT2D eigenvalue weighted by molar-refractivity contribution is 5.25. The highest BCUT2D eigenvalue weighted by Gasteiger charge is 2.19. The maximum Gasteiger partial charge on any atom is 0.0674 e. The van der Waals surface area contributed by atoms with Gasteiger partial charge in [0.1, 0.15) is 0 Å². The molecule has 0 radical (unpaired) electrons. The fourth-order valence-corrected chi connectivity index (χ4v) is 2.34. The number of hydrogen-bond donors (Lipinski definition) is 1. The van der Waals surface area contributed by atoms with Crippen LogP contribution in [-0.2, 0) is 4.74 Å². The Morgan fingerprint density at radius 3 is 3.06 bits per heavy atom. The monoisotopic (exact) mass is 234 g/mol. The second kappa shape index (κ2) is 5.63. The standard InChI is InChI=1S/C14H22N2O/c1-11-4-3-5-13(8-11)14(15)10-16-6-7-17-12(2)9-16/h3-5,8,12,14H,6-7,9-10,15H2,1-2H3. The van der Waals surface area contributed by atoms with E-state index in [1.54, 1.807) is 0 Å². The zero-order chi connectivity index (χ0) is 12.3. The summed E-state index contributed by atoms with van der Waals surface area (Å²) in [5, 5.41) is 0. The Hall–Kier alpha value is -0.900. The molecule has 3 nitrogen and oxygen atoms in total. The lowest BCUT2D eigenvalue weighted by Gasteiger charge is -2.32. The lowest BCUT2D eigenvalue weighted by atomic mass is 10.0. The van der Waals surface area contributed by atoms with Crippen molar-refractivity contribution < 1.29 is 4.74 Å². The molecule has 1 heterocycles. The van der Waals surface area contributed by atoms with Gasteiger partial charge in [-0.05, 0) is 19.4 Å². The summed E-state index contributed by atoms with van der Waals surface area (Å²) in [7, 11) is 0. The van der Waals surface area contributed by atoms with E-state index in [1.165, 1.54) is 11.1 Å². The third-order valence-corrected chi connectivity index (χ3v) is 3.25. The van der Waals surface area contributed by atoms with Gasteiger partial charge in [0.05, 0.1) is 12.7 Å². The average molecular weight is 234 g/mol. The Morgan fingerprint density at radius 2 is 2.35 bits per heavy atom. The SMILES string of the molecule is Cc1cccc(C(N)CN2CCOC(C)C2)c1. The summed E-state index contributed by atoms with van der Waals surface area (Å²) in [6, 6.07) is 8.57. The van der Waals surface area contributed by atoms with Gasteiger partial charge >= 0.3 is 0 Å². The van der Waals surface area contributed by atoms with E-state index in [0.717, 1.165) is 26.2 Å². The van der Waals surface area contributed by atoms with Gasteiger partial charge in [-0.3, -0.25) is 4.90 Å². The van der Waals surface area contributed by atoms with E-state index in [-0.39, 0.29) is 6.04 Å². The predicted molar refractivity (Wildman–Crippen MR) is 70.0 cm³/mol. The van der Waals surface area contributed by atoms with Crippen molar-refractivity contribution in [1.82, 2.24) is 4.90 Å². The molecule has 94 valence electrons. The molecule has 1 aromatic carbocycles. The van der Waals surface area contributed by atoms with Crippen LogP contribution in [0, 0.1) is 6.92 Å². The zero-order valence-corrected chi connectivity index (χ0v) is 10.7. The lowest BCUT2D eigenvalue weighted by molar-refractivity contribution is -0.0199. The summed E-state index contributed by atoms with van der Waals surface area (Å²) < 4.78 is 5.53. The normalized spacial score (nSPS) is 23.6. The zero-order valence-electron chi connectivity index (χ0n) is 10.7. The molecule has 17 heavy (non-hydrogen) atoms. The average Bonchev–Trinajstić information content (AvgIpc) is 2.29. The second-order valence-electron chi connectivity index (χ2n) is 4.96. The molecule has 1 saturated heterocycles. The topological polar surface area (TPSA) is 38.5 Å². The van der Waals surface area contributed by atoms with Gasteiger partial charge < -0.3 is 10.5 Å². The summed E-state index contributed by atoms with van der Waals surface area (Å²) >= 11 is 0. The molecule has 0 bridgehead atoms. The van der Waals surface area contributed by atoms with Gasteiger partial charge in [0, 0.05) is 25.7 Å². The lowest BCUT2D eigenvalue weighted by Crippen LogP contribution is -2.44. The summed E-state index contributed by atoms with van der Waals surface area (Å²) in [6.07, 6.45) is 0.327. The quantitative estimate of drug-likeness (QED) is 0.865. The van der Waals surface area contributed by atoms with Gasteiger partial charge in [-0.1, -0.05) is 29.8 Å². The third kappa shape index (κ3) is 3.53. The molecule has 1 aliphatic heterocycles. The van der Waals surface area contributed by atoms with Crippen LogP contribution in [0.3, 0.4) is 0 Å². The van der Waals surface area contributed by atoms with Crippen molar-refractivity contribution in [1.29, 1.82) is 0 Å². The second-order valence-corrected chi connectivity index (χ2v) is 4.96. The highest BCUT2D eigenvalue weighted by atomic mass is 16.5. The molecule has 2 unspecified atom stereocenters. The van der Waals surface area contributed by atoms with Crippen LogP contribution in [0.5, 0.6) is 0 Å². The van der Waals surface area contributed by atoms with E-state index < -0.39 is 0 Å². The molecule has 0 amide bonds. The molecule has 2 atom stereocenters. The third-order valence-electron chi connectivity index (χ3n) is 3.25. The molecular formula is C14H22N2O. The molecule has 0 aliphatic carbocycles. The van der Waals surface area contributed by atoms with Gasteiger partial charge in [-0.15, -0.1) is 0 Å². The van der Waals surface area contributed by atoms with Crippen molar-refractivity contribution in [3.8, 4) is 0 Å². The first-order valence-corrected chi connectivity index (χ1v) is 6.31. The summed E-state index contributed by atoms with van der Waals surface area (Å²) in [5.74, 6) is 0. The van der Waals surface area contributed by atoms with Crippen LogP contribution in [0.4, 0.5) is 0 Å². The number of morpholine rings is 1. The fraction of sp³-hybridized carbons (Fsp3) is 0.571. The van der Waals surface area contributed by atoms with Crippen molar-refractivity contribution in [2.24, 2.45) is 5.73 Å². The van der Waals surface area contributed by atoms with E-state index in [1.807, 2.05) is 0 Å².